The largest absolute Gasteiger partial charge is 0.545 e. The van der Waals surface area contributed by atoms with Gasteiger partial charge >= 0.3 is 0 Å². The van der Waals surface area contributed by atoms with Crippen LogP contribution in [0, 0.1) is 12.3 Å². The first-order chi connectivity index (χ1) is 14.9. The smallest absolute Gasteiger partial charge is 0.294 e. The molecule has 1 heterocycles. The summed E-state index contributed by atoms with van der Waals surface area (Å²) in [6.07, 6.45) is 6.81. The number of aromatic carboxylic acids is 1. The molecule has 0 spiro atoms. The second kappa shape index (κ2) is 9.87. The molecule has 2 aromatic carbocycles. The van der Waals surface area contributed by atoms with Crippen molar-refractivity contribution in [3.05, 3.63) is 64.1 Å². The monoisotopic (exact) mass is 436 g/mol. The minimum atomic E-state index is -1.24. The number of carboxylic acids is 1. The van der Waals surface area contributed by atoms with Crippen LogP contribution in [0.5, 0.6) is 11.5 Å². The van der Waals surface area contributed by atoms with Crippen LogP contribution < -0.4 is 14.6 Å². The zero-order valence-corrected chi connectivity index (χ0v) is 17.4. The van der Waals surface area contributed by atoms with E-state index >= 15 is 0 Å². The topological polar surface area (TPSA) is 96.0 Å². The van der Waals surface area contributed by atoms with E-state index in [-0.39, 0.29) is 23.6 Å². The lowest BCUT2D eigenvalue weighted by Crippen LogP contribution is -2.28. The minimum absolute atomic E-state index is 0.0665. The Morgan fingerprint density at radius 2 is 1.90 bits per heavy atom. The first kappa shape index (κ1) is 22.0. The maximum absolute atomic E-state index is 12.3. The van der Waals surface area contributed by atoms with Crippen LogP contribution in [0.25, 0.3) is 6.08 Å². The summed E-state index contributed by atoms with van der Waals surface area (Å²) < 4.78 is 11.5. The van der Waals surface area contributed by atoms with Gasteiger partial charge in [-0.1, -0.05) is 36.3 Å². The Balaban J connectivity index is 1.76. The van der Waals surface area contributed by atoms with Crippen LogP contribution in [-0.2, 0) is 11.4 Å². The molecule has 158 valence electrons. The highest BCUT2D eigenvalue weighted by Gasteiger charge is 2.34. The molecule has 1 aliphatic heterocycles. The van der Waals surface area contributed by atoms with Crippen LogP contribution in [0.3, 0.4) is 0 Å². The highest BCUT2D eigenvalue weighted by atomic mass is 32.2. The standard InChI is InChI=1S/C23H19NO6S/c1-3-11-24-21(25)20(31-23(24)28)13-16-7-10-18(19(12-16)29-4-2)30-14-15-5-8-17(9-6-15)22(26)27/h1,5-10,12-13H,4,11,14H2,2H3,(H,26,27)/p-1/b20-13-. The van der Waals surface area contributed by atoms with Crippen LogP contribution in [0.15, 0.2) is 47.4 Å². The van der Waals surface area contributed by atoms with Crippen molar-refractivity contribution in [1.82, 2.24) is 4.90 Å². The number of carbonyl (C=O) groups is 3. The van der Waals surface area contributed by atoms with Crippen molar-refractivity contribution in [2.45, 2.75) is 13.5 Å². The van der Waals surface area contributed by atoms with E-state index in [0.717, 1.165) is 22.2 Å². The molecule has 0 N–H and O–H groups in total. The zero-order valence-electron chi connectivity index (χ0n) is 16.6. The fraction of sp³-hybridized carbons (Fsp3) is 0.174. The second-order valence-corrected chi connectivity index (χ2v) is 7.38. The lowest BCUT2D eigenvalue weighted by atomic mass is 10.1. The summed E-state index contributed by atoms with van der Waals surface area (Å²) in [6.45, 7) is 2.37. The average Bonchev–Trinajstić information content (AvgIpc) is 3.01. The molecule has 2 amide bonds. The summed E-state index contributed by atoms with van der Waals surface area (Å²) in [6, 6.07) is 11.4. The maximum Gasteiger partial charge on any atom is 0.294 e. The van der Waals surface area contributed by atoms with Crippen molar-refractivity contribution < 1.29 is 29.0 Å². The van der Waals surface area contributed by atoms with E-state index in [1.807, 2.05) is 6.92 Å². The molecule has 0 aliphatic carbocycles. The van der Waals surface area contributed by atoms with Gasteiger partial charge < -0.3 is 19.4 Å². The van der Waals surface area contributed by atoms with Crippen LogP contribution in [0.4, 0.5) is 4.79 Å². The van der Waals surface area contributed by atoms with Crippen molar-refractivity contribution in [2.24, 2.45) is 0 Å². The van der Waals surface area contributed by atoms with Gasteiger partial charge in [0.1, 0.15) is 6.61 Å². The minimum Gasteiger partial charge on any atom is -0.545 e. The quantitative estimate of drug-likeness (QED) is 0.464. The molecular formula is C23H18NO6S-. The Hall–Kier alpha value is -3.70. The molecule has 0 bridgehead atoms. The number of carbonyl (C=O) groups excluding carboxylic acids is 3. The molecule has 1 aliphatic rings. The van der Waals surface area contributed by atoms with Gasteiger partial charge in [-0.25, -0.2) is 0 Å². The van der Waals surface area contributed by atoms with Crippen molar-refractivity contribution in [1.29, 1.82) is 0 Å². The maximum atomic E-state index is 12.3. The van der Waals surface area contributed by atoms with Crippen molar-refractivity contribution in [2.75, 3.05) is 13.2 Å². The number of imide groups is 1. The van der Waals surface area contributed by atoms with Gasteiger partial charge in [0.2, 0.25) is 0 Å². The molecule has 1 fully saturated rings. The Morgan fingerprint density at radius 1 is 1.16 bits per heavy atom. The summed E-state index contributed by atoms with van der Waals surface area (Å²) in [7, 11) is 0. The molecule has 8 heteroatoms. The van der Waals surface area contributed by atoms with E-state index in [1.165, 1.54) is 12.1 Å². The number of nitrogens with zero attached hydrogens (tertiary/aromatic N) is 1. The van der Waals surface area contributed by atoms with Crippen LogP contribution in [0.2, 0.25) is 0 Å². The number of thioether (sulfide) groups is 1. The van der Waals surface area contributed by atoms with E-state index in [0.29, 0.717) is 23.7 Å². The number of hydrogen-bond donors (Lipinski definition) is 0. The van der Waals surface area contributed by atoms with E-state index < -0.39 is 17.1 Å². The number of terminal acetylenes is 1. The molecule has 7 nitrogen and oxygen atoms in total. The summed E-state index contributed by atoms with van der Waals surface area (Å²) in [5.41, 5.74) is 1.54. The number of rotatable bonds is 8. The van der Waals surface area contributed by atoms with Gasteiger partial charge in [-0.3, -0.25) is 14.5 Å². The summed E-state index contributed by atoms with van der Waals surface area (Å²) in [5, 5.41) is 10.4. The summed E-state index contributed by atoms with van der Waals surface area (Å²) >= 11 is 0.835. The molecule has 2 aromatic rings. The van der Waals surface area contributed by atoms with Gasteiger partial charge in [-0.15, -0.1) is 6.42 Å². The van der Waals surface area contributed by atoms with Crippen LogP contribution in [-0.4, -0.2) is 35.2 Å². The van der Waals surface area contributed by atoms with Gasteiger partial charge in [-0.2, -0.15) is 0 Å². The lowest BCUT2D eigenvalue weighted by Gasteiger charge is -2.13. The third kappa shape index (κ3) is 5.27. The number of ether oxygens (including phenoxy) is 2. The highest BCUT2D eigenvalue weighted by molar-refractivity contribution is 8.18. The number of hydrogen-bond acceptors (Lipinski definition) is 7. The van der Waals surface area contributed by atoms with E-state index in [4.69, 9.17) is 15.9 Å². The molecule has 0 atom stereocenters. The Kier molecular flexibility index (Phi) is 7.00. The fourth-order valence-electron chi connectivity index (χ4n) is 2.78. The molecule has 0 radical (unpaired) electrons. The average molecular weight is 436 g/mol. The molecular weight excluding hydrogens is 418 g/mol. The lowest BCUT2D eigenvalue weighted by molar-refractivity contribution is -0.255. The second-order valence-electron chi connectivity index (χ2n) is 6.38. The number of carboxylic acid groups (broad SMARTS) is 1. The zero-order chi connectivity index (χ0) is 22.4. The molecule has 1 saturated heterocycles. The SMILES string of the molecule is C#CCN1C(=O)S/C(=C\c2ccc(OCc3ccc(C(=O)[O-])cc3)c(OCC)c2)C1=O. The van der Waals surface area contributed by atoms with E-state index in [2.05, 4.69) is 5.92 Å². The van der Waals surface area contributed by atoms with Crippen molar-refractivity contribution in [3.8, 4) is 23.8 Å². The summed E-state index contributed by atoms with van der Waals surface area (Å²) in [5.74, 6) is 1.60. The highest BCUT2D eigenvalue weighted by Crippen LogP contribution is 2.34. The van der Waals surface area contributed by atoms with Gasteiger partial charge in [0.15, 0.2) is 11.5 Å². The van der Waals surface area contributed by atoms with Gasteiger partial charge in [0.05, 0.1) is 24.0 Å². The fourth-order valence-corrected chi connectivity index (χ4v) is 3.62. The predicted octanol–water partition coefficient (Wildman–Crippen LogP) is 2.70. The molecule has 0 unspecified atom stereocenters. The van der Waals surface area contributed by atoms with Crippen molar-refractivity contribution >= 4 is 35.0 Å². The van der Waals surface area contributed by atoms with Crippen LogP contribution in [0.1, 0.15) is 28.4 Å². The first-order valence-corrected chi connectivity index (χ1v) is 10.1. The Bertz CT molecular complexity index is 1080. The Morgan fingerprint density at radius 3 is 2.55 bits per heavy atom. The van der Waals surface area contributed by atoms with E-state index in [9.17, 15) is 19.5 Å². The van der Waals surface area contributed by atoms with Gasteiger partial charge in [-0.05, 0) is 53.6 Å². The summed E-state index contributed by atoms with van der Waals surface area (Å²) in [4.78, 5) is 36.4. The van der Waals surface area contributed by atoms with E-state index in [1.54, 1.807) is 36.4 Å². The van der Waals surface area contributed by atoms with Gasteiger partial charge in [0.25, 0.3) is 11.1 Å². The van der Waals surface area contributed by atoms with Crippen LogP contribution >= 0.6 is 11.8 Å². The third-order valence-corrected chi connectivity index (χ3v) is 5.18. The van der Waals surface area contributed by atoms with Gasteiger partial charge in [0, 0.05) is 0 Å². The first-order valence-electron chi connectivity index (χ1n) is 9.31. The van der Waals surface area contributed by atoms with Crippen molar-refractivity contribution in [3.63, 3.8) is 0 Å². The predicted molar refractivity (Wildman–Crippen MR) is 114 cm³/mol. The number of benzene rings is 2. The third-order valence-electron chi connectivity index (χ3n) is 4.27. The number of amides is 2. The molecule has 0 aromatic heterocycles. The molecule has 0 saturated carbocycles. The molecule has 3 rings (SSSR count). The normalized spacial score (nSPS) is 14.6. The Labute approximate surface area is 183 Å². The molecule has 31 heavy (non-hydrogen) atoms.